The van der Waals surface area contributed by atoms with Crippen LogP contribution >= 0.6 is 11.6 Å². The first-order chi connectivity index (χ1) is 42.0. The molecule has 6 rings (SSSR count). The van der Waals surface area contributed by atoms with Crippen molar-refractivity contribution in [1.29, 1.82) is 0 Å². The molecule has 8 amide bonds. The number of phenols is 1. The van der Waals surface area contributed by atoms with Crippen molar-refractivity contribution in [3.63, 3.8) is 0 Å². The molecule has 4 unspecified atom stereocenters. The Hall–Kier alpha value is -9.96. The fourth-order valence-corrected chi connectivity index (χ4v) is 9.02. The molecule has 6 aromatic rings. The number of nitrogens with one attached hydrogen (secondary N) is 7. The average molecular weight is 1210 g/mol. The van der Waals surface area contributed by atoms with Crippen molar-refractivity contribution in [3.05, 3.63) is 207 Å². The molecule has 0 aliphatic rings. The summed E-state index contributed by atoms with van der Waals surface area (Å²) in [5.74, 6) is -3.72. The average Bonchev–Trinajstić information content (AvgIpc) is 3.16. The molecular weight excluding hydrogens is 1140 g/mol. The molecule has 22 nitrogen and oxygen atoms in total. The summed E-state index contributed by atoms with van der Waals surface area (Å²) >= 11 is 6.17. The van der Waals surface area contributed by atoms with Crippen LogP contribution in [-0.4, -0.2) is 96.3 Å². The molecule has 23 heteroatoms. The zero-order chi connectivity index (χ0) is 62.3. The van der Waals surface area contributed by atoms with Crippen molar-refractivity contribution in [3.8, 4) is 5.75 Å². The molecule has 0 aliphatic heterocycles. The molecule has 0 aromatic heterocycles. The Balaban J connectivity index is 1.22. The van der Waals surface area contributed by atoms with E-state index in [1.807, 2.05) is 0 Å². The van der Waals surface area contributed by atoms with Gasteiger partial charge in [0.15, 0.2) is 0 Å². The molecule has 0 heterocycles. The van der Waals surface area contributed by atoms with Crippen molar-refractivity contribution in [1.82, 2.24) is 37.2 Å². The van der Waals surface area contributed by atoms with E-state index in [9.17, 15) is 43.5 Å². The van der Waals surface area contributed by atoms with Crippen LogP contribution in [-0.2, 0) is 77.4 Å². The second-order valence-electron chi connectivity index (χ2n) is 20.1. The largest absolute Gasteiger partial charge is 0.508 e. The molecule has 4 atom stereocenters. The number of primary amides is 1. The van der Waals surface area contributed by atoms with Gasteiger partial charge in [0.1, 0.15) is 56.3 Å². The van der Waals surface area contributed by atoms with E-state index in [1.165, 1.54) is 12.1 Å². The number of carbonyl (C=O) groups is 8. The second-order valence-corrected chi connectivity index (χ2v) is 20.5. The number of aryl methyl sites for hydroxylation is 2. The smallest absolute Gasteiger partial charge is 0.414 e. The molecule has 87 heavy (non-hydrogen) atoms. The summed E-state index contributed by atoms with van der Waals surface area (Å²) in [6.45, 7) is 3.03. The number of halogens is 1. The van der Waals surface area contributed by atoms with Gasteiger partial charge in [-0.15, -0.1) is 0 Å². The molecule has 0 saturated heterocycles. The lowest BCUT2D eigenvalue weighted by Crippen LogP contribution is -2.58. The minimum absolute atomic E-state index is 0.0137. The monoisotopic (exact) mass is 1210 g/mol. The molecule has 0 radical (unpaired) electrons. The quantitative estimate of drug-likeness (QED) is 0.00939. The van der Waals surface area contributed by atoms with E-state index >= 15 is 0 Å². The summed E-state index contributed by atoms with van der Waals surface area (Å²) in [6, 6.07) is 39.8. The van der Waals surface area contributed by atoms with Crippen molar-refractivity contribution >= 4 is 65.6 Å². The highest BCUT2D eigenvalue weighted by Gasteiger charge is 2.32. The number of alkyl carbamates (subject to hydrolysis) is 4. The van der Waals surface area contributed by atoms with E-state index in [0.29, 0.717) is 62.4 Å². The van der Waals surface area contributed by atoms with Crippen molar-refractivity contribution in [2.75, 3.05) is 13.1 Å². The number of hydrogen-bond acceptors (Lipinski definition) is 14. The maximum Gasteiger partial charge on any atom is 0.414 e. The third kappa shape index (κ3) is 23.9. The van der Waals surface area contributed by atoms with E-state index in [2.05, 4.69) is 42.2 Å². The summed E-state index contributed by atoms with van der Waals surface area (Å²) in [7, 11) is 0. The van der Waals surface area contributed by atoms with E-state index in [-0.39, 0.29) is 83.3 Å². The Labute approximate surface area is 509 Å². The predicted molar refractivity (Wildman–Crippen MR) is 325 cm³/mol. The number of carbonyl (C=O) groups excluding carboxylic acids is 8. The Morgan fingerprint density at radius 2 is 0.931 bits per heavy atom. The number of aliphatic imine (C=N–C) groups is 1. The predicted octanol–water partition coefficient (Wildman–Crippen LogP) is 7.77. The first-order valence-electron chi connectivity index (χ1n) is 28.1. The first kappa shape index (κ1) is 66.2. The lowest BCUT2D eigenvalue weighted by atomic mass is 9.95. The Bertz CT molecular complexity index is 3190. The highest BCUT2D eigenvalue weighted by Crippen LogP contribution is 2.23. The van der Waals surface area contributed by atoms with Gasteiger partial charge in [-0.25, -0.2) is 19.2 Å². The second kappa shape index (κ2) is 35.4. The topological polar surface area (TPSA) is 316 Å². The number of nitrogens with zero attached hydrogens (tertiary/aromatic N) is 1. The molecule has 458 valence electrons. The normalized spacial score (nSPS) is 12.0. The summed E-state index contributed by atoms with van der Waals surface area (Å²) in [6.07, 6.45) is -3.25. The van der Waals surface area contributed by atoms with Crippen LogP contribution in [0.25, 0.3) is 0 Å². The van der Waals surface area contributed by atoms with E-state index < -0.39 is 72.2 Å². The summed E-state index contributed by atoms with van der Waals surface area (Å²) in [4.78, 5) is 113. The Morgan fingerprint density at radius 1 is 0.494 bits per heavy atom. The standard InChI is InChI=1S/C64H72ClN9O13/c1-42-34-49(75)35-43(2)50(42)37-55(72-62(81)84-38-45-22-9-4-10-23-45)59(79)70-53(31-19-33-67-60(73-63(82)85-39-46-24-11-5-12-25-46)74-64(83)86-40-47-26-13-6-14-27-47)57(77)71-54(36-44-20-7-3-8-21-44)58(78)69-52(56(66)76)30-17-18-32-68-61(80)87-41-48-28-15-16-29-51(48)65/h3-16,20-29,34-35,52-55,75H,17-19,30-33,36-41H2,1-2H3,(H2,66,76)(H,68,80)(H,69,78)(H,70,79)(H,71,77)(H,72,81)(H2,67,73,74,82,83). The van der Waals surface area contributed by atoms with Gasteiger partial charge in [0, 0.05) is 36.5 Å². The number of unbranched alkanes of at least 4 members (excludes halogenated alkanes) is 1. The molecule has 0 saturated carbocycles. The Morgan fingerprint density at radius 3 is 1.46 bits per heavy atom. The van der Waals surface area contributed by atoms with Gasteiger partial charge in [-0.3, -0.25) is 34.8 Å². The molecule has 10 N–H and O–H groups in total. The summed E-state index contributed by atoms with van der Waals surface area (Å²) in [5, 5.41) is 29.2. The number of amides is 8. The van der Waals surface area contributed by atoms with E-state index in [4.69, 9.17) is 36.3 Å². The van der Waals surface area contributed by atoms with Crippen molar-refractivity contribution < 1.29 is 62.4 Å². The highest BCUT2D eigenvalue weighted by molar-refractivity contribution is 6.31. The Kier molecular flexibility index (Phi) is 26.9. The fourth-order valence-electron chi connectivity index (χ4n) is 8.83. The van der Waals surface area contributed by atoms with Crippen molar-refractivity contribution in [2.45, 2.75) is 109 Å². The number of rotatable bonds is 29. The van der Waals surface area contributed by atoms with Crippen LogP contribution in [0.5, 0.6) is 5.75 Å². The van der Waals surface area contributed by atoms with Crippen LogP contribution in [0.1, 0.15) is 76.6 Å². The summed E-state index contributed by atoms with van der Waals surface area (Å²) < 4.78 is 21.5. The molecule has 0 aliphatic carbocycles. The fraction of sp³-hybridized carbons (Fsp3) is 0.297. The molecule has 0 bridgehead atoms. The maximum atomic E-state index is 14.9. The highest BCUT2D eigenvalue weighted by atomic mass is 35.5. The van der Waals surface area contributed by atoms with Gasteiger partial charge in [0.05, 0.1) is 0 Å². The number of guanidine groups is 1. The zero-order valence-electron chi connectivity index (χ0n) is 48.3. The van der Waals surface area contributed by atoms with Gasteiger partial charge in [0.25, 0.3) is 0 Å². The van der Waals surface area contributed by atoms with Crippen LogP contribution in [0.4, 0.5) is 19.2 Å². The lowest BCUT2D eigenvalue weighted by molar-refractivity contribution is -0.133. The SMILES string of the molecule is Cc1cc(O)cc(C)c1CC(NC(=O)OCc1ccccc1)C(=O)NC(CCCN=C(NC(=O)OCc1ccccc1)NC(=O)OCc1ccccc1)C(=O)NC(Cc1ccccc1)C(=O)NC(CCCCNC(=O)OCc1ccccc1Cl)C(N)=O. The molecule has 0 spiro atoms. The van der Waals surface area contributed by atoms with Gasteiger partial charge in [-0.05, 0) is 103 Å². The third-order valence-electron chi connectivity index (χ3n) is 13.4. The lowest BCUT2D eigenvalue weighted by Gasteiger charge is -2.27. The number of aromatic hydroxyl groups is 1. The van der Waals surface area contributed by atoms with Gasteiger partial charge in [0.2, 0.25) is 29.6 Å². The summed E-state index contributed by atoms with van der Waals surface area (Å²) in [5.41, 5.74) is 10.9. The van der Waals surface area contributed by atoms with Crippen molar-refractivity contribution in [2.24, 2.45) is 10.7 Å². The number of benzene rings is 6. The van der Waals surface area contributed by atoms with Crippen LogP contribution in [0, 0.1) is 13.8 Å². The van der Waals surface area contributed by atoms with Crippen LogP contribution in [0.2, 0.25) is 5.02 Å². The maximum absolute atomic E-state index is 14.9. The zero-order valence-corrected chi connectivity index (χ0v) is 49.0. The van der Waals surface area contributed by atoms with Crippen LogP contribution < -0.4 is 43.0 Å². The van der Waals surface area contributed by atoms with Gasteiger partial charge in [-0.2, -0.15) is 0 Å². The van der Waals surface area contributed by atoms with Crippen LogP contribution in [0.15, 0.2) is 163 Å². The minimum Gasteiger partial charge on any atom is -0.508 e. The van der Waals surface area contributed by atoms with E-state index in [1.54, 1.807) is 159 Å². The third-order valence-corrected chi connectivity index (χ3v) is 13.8. The first-order valence-corrected chi connectivity index (χ1v) is 28.5. The molecule has 0 fully saturated rings. The minimum atomic E-state index is -1.47. The number of ether oxygens (including phenoxy) is 4. The number of nitrogens with two attached hydrogens (primary N) is 1. The van der Waals surface area contributed by atoms with E-state index in [0.717, 1.165) is 0 Å². The number of hydrogen-bond donors (Lipinski definition) is 9. The molecule has 6 aromatic carbocycles. The van der Waals surface area contributed by atoms with Gasteiger partial charge < -0.3 is 56.4 Å². The van der Waals surface area contributed by atoms with Crippen LogP contribution in [0.3, 0.4) is 0 Å². The van der Waals surface area contributed by atoms with Gasteiger partial charge >= 0.3 is 24.4 Å². The molecular formula is C64H72ClN9O13. The number of phenolic OH excluding ortho intramolecular Hbond substituents is 1. The van der Waals surface area contributed by atoms with Gasteiger partial charge in [-0.1, -0.05) is 151 Å².